The van der Waals surface area contributed by atoms with Gasteiger partial charge in [-0.2, -0.15) is 0 Å². The fourth-order valence-corrected chi connectivity index (χ4v) is 3.13. The number of benzene rings is 4. The molecule has 4 aromatic carbocycles. The van der Waals surface area contributed by atoms with E-state index >= 15 is 0 Å². The van der Waals surface area contributed by atoms with E-state index in [2.05, 4.69) is 42.7 Å². The molecule has 0 aliphatic rings. The molecule has 0 aliphatic heterocycles. The molecule has 0 saturated carbocycles. The molecule has 4 aromatic rings. The van der Waals surface area contributed by atoms with Crippen molar-refractivity contribution in [1.82, 2.24) is 0 Å². The van der Waals surface area contributed by atoms with Crippen molar-refractivity contribution in [3.05, 3.63) is 118 Å². The molecule has 0 amide bonds. The third-order valence-corrected chi connectivity index (χ3v) is 4.92. The van der Waals surface area contributed by atoms with Crippen LogP contribution in [0.1, 0.15) is 34.7 Å². The molecule has 0 saturated heterocycles. The minimum atomic E-state index is -1.47. The number of halogens is 3. The van der Waals surface area contributed by atoms with Crippen LogP contribution in [0.5, 0.6) is 0 Å². The van der Waals surface area contributed by atoms with Crippen LogP contribution in [0.15, 0.2) is 72.8 Å². The van der Waals surface area contributed by atoms with Gasteiger partial charge in [0.15, 0.2) is 17.5 Å². The minimum Gasteiger partial charge on any atom is -0.204 e. The first-order valence-corrected chi connectivity index (χ1v) is 9.84. The number of aryl methyl sites for hydroxylation is 1. The summed E-state index contributed by atoms with van der Waals surface area (Å²) in [6.07, 6.45) is 1.00. The smallest absolute Gasteiger partial charge is 0.195 e. The number of fused-ring (bicyclic) bond motifs is 1. The van der Waals surface area contributed by atoms with Gasteiger partial charge in [0.25, 0.3) is 0 Å². The lowest BCUT2D eigenvalue weighted by molar-refractivity contribution is 0.453. The van der Waals surface area contributed by atoms with Crippen LogP contribution in [0.3, 0.4) is 0 Å². The molecular weight excluding hydrogens is 393 g/mol. The first-order chi connectivity index (χ1) is 15.0. The lowest BCUT2D eigenvalue weighted by Crippen LogP contribution is -1.92. The molecule has 0 spiro atoms. The van der Waals surface area contributed by atoms with Crippen LogP contribution >= 0.6 is 0 Å². The van der Waals surface area contributed by atoms with E-state index in [1.54, 1.807) is 6.07 Å². The zero-order valence-electron chi connectivity index (χ0n) is 16.8. The van der Waals surface area contributed by atoms with Gasteiger partial charge in [0.05, 0.1) is 0 Å². The van der Waals surface area contributed by atoms with Gasteiger partial charge in [-0.1, -0.05) is 48.8 Å². The van der Waals surface area contributed by atoms with Crippen LogP contribution in [0.4, 0.5) is 13.2 Å². The maximum atomic E-state index is 13.8. The van der Waals surface area contributed by atoms with Crippen molar-refractivity contribution < 1.29 is 13.2 Å². The highest BCUT2D eigenvalue weighted by atomic mass is 19.2. The molecule has 0 nitrogen and oxygen atoms in total. The lowest BCUT2D eigenvalue weighted by Gasteiger charge is -2.02. The highest BCUT2D eigenvalue weighted by molar-refractivity contribution is 5.84. The van der Waals surface area contributed by atoms with E-state index in [0.29, 0.717) is 5.56 Å². The second-order valence-electron chi connectivity index (χ2n) is 7.05. The number of hydrogen-bond donors (Lipinski definition) is 0. The Morgan fingerprint density at radius 3 is 1.61 bits per heavy atom. The molecule has 0 atom stereocenters. The molecule has 0 N–H and O–H groups in total. The predicted molar refractivity (Wildman–Crippen MR) is 118 cm³/mol. The van der Waals surface area contributed by atoms with E-state index in [-0.39, 0.29) is 10.8 Å². The second kappa shape index (κ2) is 8.82. The Labute approximate surface area is 179 Å². The van der Waals surface area contributed by atoms with Gasteiger partial charge in [-0.05, 0) is 72.0 Å². The Bertz CT molecular complexity index is 1370. The standard InChI is InChI=1S/C28H17F3/c1-2-19-3-5-20(6-4-19)7-8-21-9-11-22(12-10-21)13-14-23-15-16-25-24(17-23)18-26(29)28(31)27(25)30/h3-6,9-12,15-18H,2H2,1H3. The molecule has 0 fully saturated rings. The van der Waals surface area contributed by atoms with Crippen LogP contribution < -0.4 is 0 Å². The summed E-state index contributed by atoms with van der Waals surface area (Å²) in [5.41, 5.74) is 4.49. The summed E-state index contributed by atoms with van der Waals surface area (Å²) in [7, 11) is 0. The fourth-order valence-electron chi connectivity index (χ4n) is 3.13. The first kappa shape index (κ1) is 20.3. The fraction of sp³-hybridized carbons (Fsp3) is 0.0714. The summed E-state index contributed by atoms with van der Waals surface area (Å²) in [5.74, 6) is 8.40. The highest BCUT2D eigenvalue weighted by Gasteiger charge is 2.13. The summed E-state index contributed by atoms with van der Waals surface area (Å²) < 4.78 is 40.7. The summed E-state index contributed by atoms with van der Waals surface area (Å²) in [6, 6.07) is 21.2. The Hall–Kier alpha value is -3.95. The first-order valence-electron chi connectivity index (χ1n) is 9.84. The van der Waals surface area contributed by atoms with Crippen LogP contribution in [-0.2, 0) is 6.42 Å². The van der Waals surface area contributed by atoms with Crippen LogP contribution in [0.25, 0.3) is 10.8 Å². The summed E-state index contributed by atoms with van der Waals surface area (Å²) in [4.78, 5) is 0. The maximum absolute atomic E-state index is 13.8. The lowest BCUT2D eigenvalue weighted by atomic mass is 10.1. The van der Waals surface area contributed by atoms with E-state index in [0.717, 1.165) is 29.2 Å². The van der Waals surface area contributed by atoms with Crippen molar-refractivity contribution in [2.24, 2.45) is 0 Å². The van der Waals surface area contributed by atoms with Gasteiger partial charge in [0.2, 0.25) is 0 Å². The van der Waals surface area contributed by atoms with Crippen LogP contribution in [0, 0.1) is 41.1 Å². The Balaban J connectivity index is 1.52. The highest BCUT2D eigenvalue weighted by Crippen LogP contribution is 2.23. The molecule has 0 bridgehead atoms. The zero-order valence-corrected chi connectivity index (χ0v) is 16.8. The average Bonchev–Trinajstić information content (AvgIpc) is 2.81. The average molecular weight is 410 g/mol. The normalized spacial score (nSPS) is 10.2. The van der Waals surface area contributed by atoms with Gasteiger partial charge >= 0.3 is 0 Å². The third-order valence-electron chi connectivity index (χ3n) is 4.92. The molecule has 4 rings (SSSR count). The van der Waals surface area contributed by atoms with Crippen molar-refractivity contribution in [2.75, 3.05) is 0 Å². The molecule has 0 unspecified atom stereocenters. The molecule has 0 radical (unpaired) electrons. The van der Waals surface area contributed by atoms with E-state index in [4.69, 9.17) is 0 Å². The minimum absolute atomic E-state index is 0.0247. The van der Waals surface area contributed by atoms with Gasteiger partial charge in [0, 0.05) is 27.6 Å². The Kier molecular flexibility index (Phi) is 5.78. The maximum Gasteiger partial charge on any atom is 0.195 e. The van der Waals surface area contributed by atoms with E-state index in [1.165, 1.54) is 17.7 Å². The van der Waals surface area contributed by atoms with Crippen molar-refractivity contribution in [3.63, 3.8) is 0 Å². The van der Waals surface area contributed by atoms with Crippen molar-refractivity contribution in [1.29, 1.82) is 0 Å². The van der Waals surface area contributed by atoms with Gasteiger partial charge in [-0.15, -0.1) is 0 Å². The number of hydrogen-bond acceptors (Lipinski definition) is 0. The topological polar surface area (TPSA) is 0 Å². The summed E-state index contributed by atoms with van der Waals surface area (Å²) in [6.45, 7) is 2.12. The zero-order chi connectivity index (χ0) is 21.8. The molecule has 150 valence electrons. The molecule has 0 aliphatic carbocycles. The van der Waals surface area contributed by atoms with Crippen molar-refractivity contribution >= 4 is 10.8 Å². The largest absolute Gasteiger partial charge is 0.204 e. The van der Waals surface area contributed by atoms with E-state index < -0.39 is 17.5 Å². The van der Waals surface area contributed by atoms with Gasteiger partial charge in [-0.25, -0.2) is 13.2 Å². The Morgan fingerprint density at radius 1 is 0.581 bits per heavy atom. The summed E-state index contributed by atoms with van der Waals surface area (Å²) >= 11 is 0. The van der Waals surface area contributed by atoms with E-state index in [1.807, 2.05) is 36.4 Å². The monoisotopic (exact) mass is 410 g/mol. The Morgan fingerprint density at radius 2 is 1.06 bits per heavy atom. The number of rotatable bonds is 1. The second-order valence-corrected chi connectivity index (χ2v) is 7.05. The predicted octanol–water partition coefficient (Wildman–Crippen LogP) is 6.62. The quantitative estimate of drug-likeness (QED) is 0.244. The van der Waals surface area contributed by atoms with Crippen molar-refractivity contribution in [3.8, 4) is 23.7 Å². The van der Waals surface area contributed by atoms with Gasteiger partial charge in [0.1, 0.15) is 0 Å². The van der Waals surface area contributed by atoms with Gasteiger partial charge < -0.3 is 0 Å². The molecule has 0 aromatic heterocycles. The molecule has 0 heterocycles. The third kappa shape index (κ3) is 4.63. The van der Waals surface area contributed by atoms with Crippen molar-refractivity contribution in [2.45, 2.75) is 13.3 Å². The molecular formula is C28H17F3. The van der Waals surface area contributed by atoms with Crippen LogP contribution in [-0.4, -0.2) is 0 Å². The summed E-state index contributed by atoms with van der Waals surface area (Å²) in [5, 5.41) is 0.289. The SMILES string of the molecule is CCc1ccc(C#Cc2ccc(C#Cc3ccc4c(F)c(F)c(F)cc4c3)cc2)cc1. The molecule has 3 heteroatoms. The van der Waals surface area contributed by atoms with Crippen LogP contribution in [0.2, 0.25) is 0 Å². The van der Waals surface area contributed by atoms with Gasteiger partial charge in [-0.3, -0.25) is 0 Å². The van der Waals surface area contributed by atoms with E-state index in [9.17, 15) is 13.2 Å². The molecule has 31 heavy (non-hydrogen) atoms.